The topological polar surface area (TPSA) is 52.0 Å². The van der Waals surface area contributed by atoms with Crippen molar-refractivity contribution in [1.82, 2.24) is 0 Å². The van der Waals surface area contributed by atoms with E-state index in [-0.39, 0.29) is 21.2 Å². The molecule has 0 amide bonds. The second kappa shape index (κ2) is 6.14. The summed E-state index contributed by atoms with van der Waals surface area (Å²) in [5, 5.41) is 0. The molecule has 2 rings (SSSR count). The van der Waals surface area contributed by atoms with Crippen LogP contribution in [-0.4, -0.2) is 0 Å². The van der Waals surface area contributed by atoms with Crippen molar-refractivity contribution < 1.29 is 21.2 Å². The second-order valence-electron chi connectivity index (χ2n) is 3.76. The Bertz CT molecular complexity index is 417. The van der Waals surface area contributed by atoms with Gasteiger partial charge < -0.3 is 0 Å². The Hall–Kier alpha value is -0.910. The molecule has 0 spiro atoms. The molecule has 0 fully saturated rings. The third-order valence-corrected chi connectivity index (χ3v) is 5.20. The van der Waals surface area contributed by atoms with E-state index in [1.54, 1.807) is 0 Å². The first-order chi connectivity index (χ1) is 8.31. The summed E-state index contributed by atoms with van der Waals surface area (Å²) < 4.78 is 2.84. The van der Waals surface area contributed by atoms with Crippen LogP contribution in [0.2, 0.25) is 0 Å². The molecule has 2 aromatic rings. The molecule has 0 unspecified atom stereocenters. The Balaban J connectivity index is 2.08. The maximum atomic E-state index is 5.58. The van der Waals surface area contributed by atoms with E-state index in [1.165, 1.54) is 18.3 Å². The van der Waals surface area contributed by atoms with Crippen LogP contribution in [0.4, 0.5) is 0 Å². The van der Waals surface area contributed by atoms with E-state index in [9.17, 15) is 0 Å². The Labute approximate surface area is 112 Å². The molecule has 90 valence electrons. The van der Waals surface area contributed by atoms with Gasteiger partial charge in [-0.2, -0.15) is 0 Å². The van der Waals surface area contributed by atoms with Crippen LogP contribution in [0.3, 0.4) is 0 Å². The van der Waals surface area contributed by atoms with E-state index >= 15 is 0 Å². The second-order valence-corrected chi connectivity index (χ2v) is 6.79. The van der Waals surface area contributed by atoms with Crippen molar-refractivity contribution in [1.29, 1.82) is 0 Å². The summed E-state index contributed by atoms with van der Waals surface area (Å²) in [4.78, 5) is 0. The Morgan fingerprint density at radius 1 is 0.647 bits per heavy atom. The predicted molar refractivity (Wildman–Crippen MR) is 66.1 cm³/mol. The van der Waals surface area contributed by atoms with Crippen LogP contribution in [0, 0.1) is 7.14 Å². The fourth-order valence-electron chi connectivity index (χ4n) is 1.49. The molecule has 3 heteroatoms. The van der Waals surface area contributed by atoms with Gasteiger partial charge in [0.2, 0.25) is 0 Å². The van der Waals surface area contributed by atoms with Gasteiger partial charge in [0, 0.05) is 0 Å². The van der Waals surface area contributed by atoms with Gasteiger partial charge in [-0.25, -0.2) is 0 Å². The minimum absolute atomic E-state index is 0.0891. The fraction of sp³-hybridized carbons (Fsp3) is 0.143. The zero-order chi connectivity index (χ0) is 12.1. The number of hydrogen-bond acceptors (Lipinski definition) is 2. The summed E-state index contributed by atoms with van der Waals surface area (Å²) in [6.07, 6.45) is 0. The monoisotopic (exact) mass is 339 g/mol. The molecule has 4 N–H and O–H groups in total. The molecule has 0 atom stereocenters. The van der Waals surface area contributed by atoms with Crippen LogP contribution < -0.4 is 32.7 Å². The molecule has 17 heavy (non-hydrogen) atoms. The predicted octanol–water partition coefficient (Wildman–Crippen LogP) is -1.27. The number of halogens is 1. The van der Waals surface area contributed by atoms with E-state index in [1.807, 2.05) is 0 Å². The van der Waals surface area contributed by atoms with Gasteiger partial charge in [0.25, 0.3) is 0 Å². The van der Waals surface area contributed by atoms with Crippen LogP contribution >= 0.6 is 0 Å². The zero-order valence-electron chi connectivity index (χ0n) is 9.57. The molecule has 0 aliphatic rings. The molecule has 2 aromatic carbocycles. The molecule has 0 saturated carbocycles. The van der Waals surface area contributed by atoms with Gasteiger partial charge in [-0.05, 0) is 0 Å². The van der Waals surface area contributed by atoms with Gasteiger partial charge in [-0.3, -0.25) is 0 Å². The summed E-state index contributed by atoms with van der Waals surface area (Å²) in [6.45, 7) is 1.23. The first-order valence-electron chi connectivity index (χ1n) is 5.54. The summed E-state index contributed by atoms with van der Waals surface area (Å²) in [7, 11) is 0. The van der Waals surface area contributed by atoms with Gasteiger partial charge in [0.15, 0.2) is 0 Å². The molecule has 0 heterocycles. The SMILES string of the molecule is NCc1ccc([I-]c2ccc(CN)cc2)cc1. The summed E-state index contributed by atoms with van der Waals surface area (Å²) in [6, 6.07) is 17.2. The molecule has 0 radical (unpaired) electrons. The molecule has 0 bridgehead atoms. The van der Waals surface area contributed by atoms with Crippen LogP contribution in [0.15, 0.2) is 48.5 Å². The molecular formula is C14H16IN2-. The van der Waals surface area contributed by atoms with Gasteiger partial charge in [-0.1, -0.05) is 0 Å². The minimum atomic E-state index is -0.0891. The van der Waals surface area contributed by atoms with Gasteiger partial charge in [-0.15, -0.1) is 0 Å². The van der Waals surface area contributed by atoms with Gasteiger partial charge in [0.05, 0.1) is 0 Å². The van der Waals surface area contributed by atoms with E-state index in [0.717, 1.165) is 0 Å². The molecular weight excluding hydrogens is 323 g/mol. The molecule has 0 saturated heterocycles. The number of hydrogen-bond donors (Lipinski definition) is 2. The average Bonchev–Trinajstić information content (AvgIpc) is 2.40. The fourth-order valence-corrected chi connectivity index (χ4v) is 3.65. The Kier molecular flexibility index (Phi) is 4.53. The standard InChI is InChI=1S/C14H16IN2/c16-9-11-1-5-13(6-2-11)15-14-7-3-12(10-17)4-8-14/h1-8H,9-10,16-17H2/q-1. The van der Waals surface area contributed by atoms with Crippen molar-refractivity contribution in [2.24, 2.45) is 11.5 Å². The van der Waals surface area contributed by atoms with Crippen LogP contribution in [0.1, 0.15) is 11.1 Å². The quantitative estimate of drug-likeness (QED) is 0.683. The zero-order valence-corrected chi connectivity index (χ0v) is 11.7. The number of rotatable bonds is 4. The average molecular weight is 339 g/mol. The molecule has 2 nitrogen and oxygen atoms in total. The van der Waals surface area contributed by atoms with Crippen molar-refractivity contribution >= 4 is 0 Å². The Morgan fingerprint density at radius 3 is 1.29 bits per heavy atom. The normalized spacial score (nSPS) is 10.7. The first-order valence-corrected chi connectivity index (χ1v) is 7.70. The van der Waals surface area contributed by atoms with Crippen LogP contribution in [-0.2, 0) is 13.1 Å². The first kappa shape index (κ1) is 12.5. The van der Waals surface area contributed by atoms with Crippen molar-refractivity contribution in [3.63, 3.8) is 0 Å². The van der Waals surface area contributed by atoms with E-state index < -0.39 is 0 Å². The molecule has 0 aliphatic heterocycles. The Morgan fingerprint density at radius 2 is 1.00 bits per heavy atom. The third-order valence-electron chi connectivity index (χ3n) is 2.52. The number of benzene rings is 2. The van der Waals surface area contributed by atoms with Gasteiger partial charge in [0.1, 0.15) is 0 Å². The van der Waals surface area contributed by atoms with Gasteiger partial charge >= 0.3 is 113 Å². The van der Waals surface area contributed by atoms with E-state index in [4.69, 9.17) is 11.5 Å². The van der Waals surface area contributed by atoms with Crippen LogP contribution in [0.25, 0.3) is 0 Å². The third kappa shape index (κ3) is 3.52. The summed E-state index contributed by atoms with van der Waals surface area (Å²) in [5.41, 5.74) is 13.5. The van der Waals surface area contributed by atoms with Crippen LogP contribution in [0.5, 0.6) is 0 Å². The summed E-state index contributed by atoms with van der Waals surface area (Å²) in [5.74, 6) is 0. The maximum absolute atomic E-state index is 5.58. The molecule has 0 aliphatic carbocycles. The van der Waals surface area contributed by atoms with Crippen molar-refractivity contribution in [3.05, 3.63) is 66.8 Å². The van der Waals surface area contributed by atoms with Crippen molar-refractivity contribution in [3.8, 4) is 0 Å². The molecule has 0 aromatic heterocycles. The van der Waals surface area contributed by atoms with E-state index in [0.29, 0.717) is 13.1 Å². The van der Waals surface area contributed by atoms with Crippen molar-refractivity contribution in [2.75, 3.05) is 0 Å². The summed E-state index contributed by atoms with van der Waals surface area (Å²) >= 11 is -0.0891. The van der Waals surface area contributed by atoms with Crippen molar-refractivity contribution in [2.45, 2.75) is 13.1 Å². The number of nitrogens with two attached hydrogens (primary N) is 2. The van der Waals surface area contributed by atoms with E-state index in [2.05, 4.69) is 48.5 Å².